The lowest BCUT2D eigenvalue weighted by Crippen LogP contribution is -2.45. The second kappa shape index (κ2) is 10.2. The number of benzene rings is 2. The highest BCUT2D eigenvalue weighted by Crippen LogP contribution is 2.39. The molecule has 0 amide bonds. The molecule has 2 aliphatic rings. The summed E-state index contributed by atoms with van der Waals surface area (Å²) >= 11 is 6.76. The van der Waals surface area contributed by atoms with E-state index in [4.69, 9.17) is 11.6 Å². The number of nitriles is 1. The number of rotatable bonds is 8. The lowest BCUT2D eigenvalue weighted by atomic mass is 9.69. The van der Waals surface area contributed by atoms with Crippen LogP contribution >= 0.6 is 11.6 Å². The molecular formula is C28H32BClFN7O. The predicted octanol–water partition coefficient (Wildman–Crippen LogP) is 3.94. The molecule has 2 aromatic carbocycles. The maximum absolute atomic E-state index is 13.9. The minimum absolute atomic E-state index is 0.114. The molecule has 0 saturated heterocycles. The van der Waals surface area contributed by atoms with Crippen LogP contribution in [0.15, 0.2) is 54.5 Å². The molecule has 11 heteroatoms. The molecule has 1 aromatic heterocycles. The van der Waals surface area contributed by atoms with E-state index in [0.29, 0.717) is 38.9 Å². The Labute approximate surface area is 233 Å². The minimum Gasteiger partial charge on any atom is -0.394 e. The molecule has 5 rings (SSSR count). The molecule has 0 radical (unpaired) electrons. The minimum atomic E-state index is -0.797. The van der Waals surface area contributed by atoms with Crippen LogP contribution < -0.4 is 21.6 Å². The summed E-state index contributed by atoms with van der Waals surface area (Å²) in [6, 6.07) is 12.4. The van der Waals surface area contributed by atoms with E-state index in [0.717, 1.165) is 24.1 Å². The lowest BCUT2D eigenvalue weighted by molar-refractivity contribution is 0.202. The van der Waals surface area contributed by atoms with E-state index in [1.807, 2.05) is 40.9 Å². The molecule has 1 fully saturated rings. The van der Waals surface area contributed by atoms with Gasteiger partial charge in [0, 0.05) is 29.5 Å². The standard InChI is InChI=1S/C28H32BClFN7O/c1-27(2,3)24(15-39)34-25-16(12-32)13-33-26-21(25)10-19(11-22(26)30)35-28(29,17-4-6-18(31)7-5-17)23-14-38(37-36-23)20-8-9-20/h4-7,10-11,13-14,20,24,35-37,39H,8-9,15,29H2,1-3H3,(H,33,34)/t24-,28?/m0/s1. The number of halogens is 2. The molecular weight excluding hydrogens is 516 g/mol. The third-order valence-electron chi connectivity index (χ3n) is 7.47. The zero-order chi connectivity index (χ0) is 27.9. The quantitative estimate of drug-likeness (QED) is 0.270. The topological polar surface area (TPSA) is 108 Å². The molecule has 5 N–H and O–H groups in total. The van der Waals surface area contributed by atoms with Crippen molar-refractivity contribution < 1.29 is 9.50 Å². The number of hydrogen-bond donors (Lipinski definition) is 5. The summed E-state index contributed by atoms with van der Waals surface area (Å²) in [6.45, 7) is 5.94. The SMILES string of the molecule is BC(Nc1cc(Cl)c2ncc(C#N)c(N[C@@H](CO)C(C)(C)C)c2c1)(C1=CN(C2CC2)NN1)c1ccc(F)cc1. The molecule has 2 heterocycles. The number of aliphatic hydroxyl groups is 1. The van der Waals surface area contributed by atoms with Crippen molar-refractivity contribution in [3.8, 4) is 6.07 Å². The first-order valence-electron chi connectivity index (χ1n) is 13.0. The second-order valence-corrected chi connectivity index (χ2v) is 11.8. The van der Waals surface area contributed by atoms with Gasteiger partial charge in [0.15, 0.2) is 0 Å². The van der Waals surface area contributed by atoms with Crippen molar-refractivity contribution in [2.75, 3.05) is 17.2 Å². The van der Waals surface area contributed by atoms with Crippen molar-refractivity contribution in [2.45, 2.75) is 51.1 Å². The van der Waals surface area contributed by atoms with Crippen LogP contribution in [0.25, 0.3) is 10.9 Å². The highest BCUT2D eigenvalue weighted by atomic mass is 35.5. The maximum Gasteiger partial charge on any atom is 0.148 e. The van der Waals surface area contributed by atoms with E-state index in [1.54, 1.807) is 18.2 Å². The number of nitrogens with one attached hydrogen (secondary N) is 4. The van der Waals surface area contributed by atoms with Crippen LogP contribution in [-0.4, -0.2) is 41.6 Å². The first kappa shape index (κ1) is 27.1. The molecule has 0 spiro atoms. The Morgan fingerprint density at radius 1 is 1.28 bits per heavy atom. The van der Waals surface area contributed by atoms with Gasteiger partial charge in [-0.3, -0.25) is 9.99 Å². The van der Waals surface area contributed by atoms with Gasteiger partial charge in [0.1, 0.15) is 19.7 Å². The maximum atomic E-state index is 13.9. The Morgan fingerprint density at radius 2 is 2.00 bits per heavy atom. The van der Waals surface area contributed by atoms with Gasteiger partial charge in [0.2, 0.25) is 0 Å². The van der Waals surface area contributed by atoms with Crippen LogP contribution in [-0.2, 0) is 5.44 Å². The number of hydrazine groups is 2. The smallest absolute Gasteiger partial charge is 0.148 e. The van der Waals surface area contributed by atoms with Crippen molar-refractivity contribution in [1.82, 2.24) is 21.0 Å². The molecule has 1 saturated carbocycles. The molecule has 8 nitrogen and oxygen atoms in total. The number of fused-ring (bicyclic) bond motifs is 1. The number of anilines is 2. The lowest BCUT2D eigenvalue weighted by Gasteiger charge is -2.34. The Balaban J connectivity index is 1.61. The summed E-state index contributed by atoms with van der Waals surface area (Å²) in [5.41, 5.74) is 9.26. The van der Waals surface area contributed by atoms with Crippen LogP contribution in [0.2, 0.25) is 5.02 Å². The summed E-state index contributed by atoms with van der Waals surface area (Å²) in [4.78, 5) is 4.46. The fourth-order valence-electron chi connectivity index (χ4n) is 4.78. The molecule has 39 heavy (non-hydrogen) atoms. The number of aliphatic hydroxyl groups excluding tert-OH is 1. The van der Waals surface area contributed by atoms with Crippen LogP contribution in [0.4, 0.5) is 15.8 Å². The van der Waals surface area contributed by atoms with Crippen LogP contribution in [0.5, 0.6) is 0 Å². The first-order valence-corrected chi connectivity index (χ1v) is 13.4. The van der Waals surface area contributed by atoms with Crippen LogP contribution in [0, 0.1) is 22.6 Å². The predicted molar refractivity (Wildman–Crippen MR) is 155 cm³/mol. The van der Waals surface area contributed by atoms with Crippen molar-refractivity contribution >= 4 is 41.7 Å². The van der Waals surface area contributed by atoms with Gasteiger partial charge in [-0.15, -0.1) is 5.53 Å². The average Bonchev–Trinajstić information content (AvgIpc) is 3.62. The van der Waals surface area contributed by atoms with Gasteiger partial charge >= 0.3 is 0 Å². The van der Waals surface area contributed by atoms with E-state index < -0.39 is 5.44 Å². The molecule has 3 aromatic rings. The number of aromatic nitrogens is 1. The van der Waals surface area contributed by atoms with Gasteiger partial charge in [0.25, 0.3) is 0 Å². The summed E-state index contributed by atoms with van der Waals surface area (Å²) < 4.78 is 13.9. The van der Waals surface area contributed by atoms with Gasteiger partial charge in [-0.1, -0.05) is 44.5 Å². The summed E-state index contributed by atoms with van der Waals surface area (Å²) in [5.74, 6) is -0.316. The number of pyridine rings is 1. The van der Waals surface area contributed by atoms with Crippen molar-refractivity contribution in [3.63, 3.8) is 0 Å². The monoisotopic (exact) mass is 547 g/mol. The molecule has 1 aliphatic heterocycles. The molecule has 0 bridgehead atoms. The van der Waals surface area contributed by atoms with Crippen LogP contribution in [0.1, 0.15) is 44.7 Å². The van der Waals surface area contributed by atoms with Gasteiger partial charge in [0.05, 0.1) is 45.6 Å². The Bertz CT molecular complexity index is 1470. The highest BCUT2D eigenvalue weighted by Gasteiger charge is 2.38. The van der Waals surface area contributed by atoms with E-state index in [9.17, 15) is 14.8 Å². The van der Waals surface area contributed by atoms with Gasteiger partial charge in [-0.25, -0.2) is 4.39 Å². The van der Waals surface area contributed by atoms with Crippen molar-refractivity contribution in [3.05, 3.63) is 76.5 Å². The number of hydrogen-bond acceptors (Lipinski definition) is 8. The zero-order valence-electron chi connectivity index (χ0n) is 22.4. The molecule has 1 unspecified atom stereocenters. The van der Waals surface area contributed by atoms with Gasteiger partial charge in [-0.05, 0) is 48.1 Å². The average molecular weight is 548 g/mol. The normalized spacial score (nSPS) is 17.7. The summed E-state index contributed by atoms with van der Waals surface area (Å²) in [5, 5.41) is 30.1. The van der Waals surface area contributed by atoms with Gasteiger partial charge in [-0.2, -0.15) is 5.26 Å². The van der Waals surface area contributed by atoms with E-state index in [2.05, 4.69) is 37.7 Å². The Morgan fingerprint density at radius 3 is 2.62 bits per heavy atom. The van der Waals surface area contributed by atoms with Crippen LogP contribution in [0.3, 0.4) is 0 Å². The largest absolute Gasteiger partial charge is 0.394 e. The summed E-state index contributed by atoms with van der Waals surface area (Å²) in [6.07, 6.45) is 5.77. The fourth-order valence-corrected chi connectivity index (χ4v) is 5.05. The number of nitrogens with zero attached hydrogens (tertiary/aromatic N) is 3. The third kappa shape index (κ3) is 5.35. The molecule has 202 valence electrons. The fraction of sp³-hybridized carbons (Fsp3) is 0.357. The second-order valence-electron chi connectivity index (χ2n) is 11.4. The van der Waals surface area contributed by atoms with E-state index in [1.165, 1.54) is 18.3 Å². The summed E-state index contributed by atoms with van der Waals surface area (Å²) in [7, 11) is 2.01. The Kier molecular flexibility index (Phi) is 7.10. The van der Waals surface area contributed by atoms with Gasteiger partial charge < -0.3 is 21.2 Å². The third-order valence-corrected chi connectivity index (χ3v) is 7.76. The van der Waals surface area contributed by atoms with E-state index >= 15 is 0 Å². The molecule has 2 atom stereocenters. The van der Waals surface area contributed by atoms with E-state index in [-0.39, 0.29) is 23.9 Å². The molecule has 1 aliphatic carbocycles. The van der Waals surface area contributed by atoms with Crippen molar-refractivity contribution in [2.24, 2.45) is 5.41 Å². The highest BCUT2D eigenvalue weighted by molar-refractivity contribution is 6.36. The Hall–Kier alpha value is -3.52. The van der Waals surface area contributed by atoms with Crippen molar-refractivity contribution in [1.29, 1.82) is 5.26 Å². The zero-order valence-corrected chi connectivity index (χ0v) is 23.2. The first-order chi connectivity index (χ1) is 18.5.